The molecule has 0 unspecified atom stereocenters. The van der Waals surface area contributed by atoms with Gasteiger partial charge in [0.1, 0.15) is 11.2 Å². The van der Waals surface area contributed by atoms with Gasteiger partial charge in [0, 0.05) is 10.8 Å². The second kappa shape index (κ2) is 17.2. The van der Waals surface area contributed by atoms with Crippen molar-refractivity contribution in [2.24, 2.45) is 0 Å². The predicted octanol–water partition coefficient (Wildman–Crippen LogP) is 21.7. The maximum absolute atomic E-state index is 6.28. The maximum Gasteiger partial charge on any atom is 0.135 e. The third kappa shape index (κ3) is 6.88. The molecule has 0 spiro atoms. The van der Waals surface area contributed by atoms with E-state index in [-0.39, 0.29) is 0 Å². The highest BCUT2D eigenvalue weighted by atomic mass is 16.3. The number of hydrogen-bond donors (Lipinski definition) is 0. The van der Waals surface area contributed by atoms with Gasteiger partial charge in [-0.3, -0.25) is 0 Å². The first-order valence-electron chi connectivity index (χ1n) is 26.6. The summed E-state index contributed by atoms with van der Waals surface area (Å²) in [6.07, 6.45) is 0. The van der Waals surface area contributed by atoms with E-state index in [0.29, 0.717) is 0 Å². The van der Waals surface area contributed by atoms with Crippen LogP contribution in [0.5, 0.6) is 0 Å². The lowest BCUT2D eigenvalue weighted by Gasteiger charge is -2.19. The van der Waals surface area contributed by atoms with Gasteiger partial charge < -0.3 is 4.42 Å². The lowest BCUT2D eigenvalue weighted by atomic mass is 9.84. The smallest absolute Gasteiger partial charge is 0.135 e. The lowest BCUT2D eigenvalue weighted by molar-refractivity contribution is 0.669. The number of benzene rings is 15. The summed E-state index contributed by atoms with van der Waals surface area (Å²) in [7, 11) is 0. The minimum atomic E-state index is 0.905. The summed E-state index contributed by atoms with van der Waals surface area (Å²) >= 11 is 0. The van der Waals surface area contributed by atoms with Crippen molar-refractivity contribution in [2.75, 3.05) is 0 Å². The number of fused-ring (bicyclic) bond motifs is 10. The zero-order valence-corrected chi connectivity index (χ0v) is 42.0. The molecule has 1 nitrogen and oxygen atoms in total. The number of rotatable bonds is 6. The largest absolute Gasteiger partial charge is 0.456 e. The van der Waals surface area contributed by atoms with E-state index in [1.165, 1.54) is 142 Å². The fourth-order valence-corrected chi connectivity index (χ4v) is 12.9. The molecule has 77 heavy (non-hydrogen) atoms. The van der Waals surface area contributed by atoms with Crippen molar-refractivity contribution in [2.45, 2.75) is 0 Å². The molecule has 0 fully saturated rings. The van der Waals surface area contributed by atoms with Crippen LogP contribution in [-0.2, 0) is 0 Å². The summed E-state index contributed by atoms with van der Waals surface area (Å²) in [6.45, 7) is 0. The highest BCUT2D eigenvalue weighted by Gasteiger charge is 2.21. The first-order chi connectivity index (χ1) is 38.2. The quantitative estimate of drug-likeness (QED) is 0.151. The van der Waals surface area contributed by atoms with E-state index in [2.05, 4.69) is 273 Å². The molecule has 0 bridgehead atoms. The third-order valence-corrected chi connectivity index (χ3v) is 16.4. The minimum Gasteiger partial charge on any atom is -0.456 e. The third-order valence-electron chi connectivity index (χ3n) is 16.4. The van der Waals surface area contributed by atoms with Crippen LogP contribution in [0.1, 0.15) is 0 Å². The van der Waals surface area contributed by atoms with Gasteiger partial charge in [0.25, 0.3) is 0 Å². The lowest BCUT2D eigenvalue weighted by Crippen LogP contribution is -1.92. The van der Waals surface area contributed by atoms with E-state index < -0.39 is 0 Å². The number of furan rings is 1. The van der Waals surface area contributed by atoms with Gasteiger partial charge in [-0.25, -0.2) is 0 Å². The Hall–Kier alpha value is -10.1. The zero-order chi connectivity index (χ0) is 50.6. The van der Waals surface area contributed by atoms with Crippen LogP contribution in [0.15, 0.2) is 283 Å². The van der Waals surface area contributed by atoms with Crippen LogP contribution in [0, 0.1) is 0 Å². The molecule has 0 atom stereocenters. The Kier molecular flexibility index (Phi) is 9.71. The summed E-state index contributed by atoms with van der Waals surface area (Å²) in [4.78, 5) is 0. The molecule has 0 amide bonds. The average Bonchev–Trinajstić information content (AvgIpc) is 3.91. The van der Waals surface area contributed by atoms with Crippen molar-refractivity contribution in [1.29, 1.82) is 0 Å². The van der Waals surface area contributed by atoms with E-state index in [9.17, 15) is 0 Å². The van der Waals surface area contributed by atoms with Gasteiger partial charge in [0.05, 0.1) is 0 Å². The van der Waals surface area contributed by atoms with Crippen LogP contribution < -0.4 is 0 Å². The van der Waals surface area contributed by atoms with Gasteiger partial charge in [0.15, 0.2) is 0 Å². The molecule has 16 aromatic rings. The molecule has 1 aromatic heterocycles. The molecular formula is C76H46O. The van der Waals surface area contributed by atoms with E-state index in [1.807, 2.05) is 6.07 Å². The van der Waals surface area contributed by atoms with Gasteiger partial charge in [-0.15, -0.1) is 0 Å². The summed E-state index contributed by atoms with van der Waals surface area (Å²) in [5.74, 6) is 0. The highest BCUT2D eigenvalue weighted by molar-refractivity contribution is 6.25. The Morgan fingerprint density at radius 3 is 1.12 bits per heavy atom. The molecule has 1 heterocycles. The van der Waals surface area contributed by atoms with Crippen molar-refractivity contribution < 1.29 is 4.42 Å². The average molecular weight is 975 g/mol. The fraction of sp³-hybridized carbons (Fsp3) is 0. The van der Waals surface area contributed by atoms with Gasteiger partial charge in [-0.2, -0.15) is 0 Å². The standard InChI is InChI=1S/C76H46O/c1-2-16-52-43-55(40-31-47(52)15-1)74-61-22-5-3-20-59(61)73(60-21-4-6-23-62(60)74)51-36-32-50(33-37-51)57-28-13-17-48-34-38-53(44-68(48)57)54-39-35-49-18-14-29-67(69(49)45-54)76-65-26-9-7-24-63(65)75(64-25-8-10-27-66(64)76)56-41-42-72-70(46-56)58-19-11-12-30-71(58)77-72/h1-46H. The number of hydrogen-bond acceptors (Lipinski definition) is 1. The summed E-state index contributed by atoms with van der Waals surface area (Å²) in [5, 5.41) is 19.6. The van der Waals surface area contributed by atoms with Crippen LogP contribution in [0.25, 0.3) is 164 Å². The first-order valence-corrected chi connectivity index (χ1v) is 26.6. The molecule has 356 valence electrons. The topological polar surface area (TPSA) is 13.1 Å². The molecule has 1 heteroatoms. The molecule has 0 radical (unpaired) electrons. The first kappa shape index (κ1) is 43.3. The second-order valence-electron chi connectivity index (χ2n) is 20.6. The molecule has 16 rings (SSSR count). The van der Waals surface area contributed by atoms with Crippen LogP contribution in [0.2, 0.25) is 0 Å². The van der Waals surface area contributed by atoms with E-state index in [4.69, 9.17) is 4.42 Å². The normalized spacial score (nSPS) is 11.9. The Balaban J connectivity index is 0.805. The van der Waals surface area contributed by atoms with Gasteiger partial charge in [0.2, 0.25) is 0 Å². The minimum absolute atomic E-state index is 0.905. The Morgan fingerprint density at radius 2 is 0.532 bits per heavy atom. The van der Waals surface area contributed by atoms with Crippen molar-refractivity contribution in [3.05, 3.63) is 279 Å². The maximum atomic E-state index is 6.28. The molecule has 0 N–H and O–H groups in total. The molecular weight excluding hydrogens is 929 g/mol. The van der Waals surface area contributed by atoms with E-state index in [0.717, 1.165) is 21.9 Å². The Morgan fingerprint density at radius 1 is 0.169 bits per heavy atom. The summed E-state index contributed by atoms with van der Waals surface area (Å²) in [5.41, 5.74) is 16.5. The zero-order valence-electron chi connectivity index (χ0n) is 42.0. The van der Waals surface area contributed by atoms with Crippen LogP contribution >= 0.6 is 0 Å². The molecule has 0 saturated heterocycles. The van der Waals surface area contributed by atoms with Gasteiger partial charge in [-0.05, 0) is 179 Å². The fourth-order valence-electron chi connectivity index (χ4n) is 12.9. The van der Waals surface area contributed by atoms with E-state index >= 15 is 0 Å². The molecule has 0 aliphatic rings. The summed E-state index contributed by atoms with van der Waals surface area (Å²) < 4.78 is 6.28. The van der Waals surface area contributed by atoms with Crippen molar-refractivity contribution >= 4 is 97.3 Å². The molecule has 0 saturated carbocycles. The monoisotopic (exact) mass is 974 g/mol. The van der Waals surface area contributed by atoms with Gasteiger partial charge in [-0.1, -0.05) is 243 Å². The predicted molar refractivity (Wildman–Crippen MR) is 329 cm³/mol. The highest BCUT2D eigenvalue weighted by Crippen LogP contribution is 2.48. The second-order valence-corrected chi connectivity index (χ2v) is 20.6. The SMILES string of the molecule is c1ccc2cc(-c3c4ccccc4c(-c4ccc(-c5cccc6ccc(-c7ccc8cccc(-c9c%10ccccc%10c(-c%10ccc%11oc%12ccccc%12c%11c%10)c%10ccccc9%10)c8c7)cc56)cc4)c4ccccc34)ccc2c1. The van der Waals surface area contributed by atoms with Gasteiger partial charge >= 0.3 is 0 Å². The molecule has 0 aliphatic heterocycles. The van der Waals surface area contributed by atoms with Crippen LogP contribution in [-0.4, -0.2) is 0 Å². The Bertz CT molecular complexity index is 4980. The van der Waals surface area contributed by atoms with Crippen molar-refractivity contribution in [3.63, 3.8) is 0 Å². The van der Waals surface area contributed by atoms with Crippen molar-refractivity contribution in [1.82, 2.24) is 0 Å². The van der Waals surface area contributed by atoms with Crippen LogP contribution in [0.3, 0.4) is 0 Å². The summed E-state index contributed by atoms with van der Waals surface area (Å²) in [6, 6.07) is 103. The van der Waals surface area contributed by atoms with Crippen LogP contribution in [0.4, 0.5) is 0 Å². The van der Waals surface area contributed by atoms with E-state index in [1.54, 1.807) is 0 Å². The number of para-hydroxylation sites is 1. The van der Waals surface area contributed by atoms with Crippen molar-refractivity contribution in [3.8, 4) is 66.8 Å². The molecule has 15 aromatic carbocycles. The molecule has 0 aliphatic carbocycles. The Labute approximate surface area is 445 Å².